The number of hydrogen-bond acceptors (Lipinski definition) is 3. The Hall–Kier alpha value is -0.810. The molecule has 1 atom stereocenters. The summed E-state index contributed by atoms with van der Waals surface area (Å²) in [6.45, 7) is 4.26. The van der Waals surface area contributed by atoms with Gasteiger partial charge in [-0.05, 0) is 37.0 Å². The summed E-state index contributed by atoms with van der Waals surface area (Å²) in [6.07, 6.45) is 9.39. The lowest BCUT2D eigenvalue weighted by atomic mass is 9.82. The number of carbonyl (C=O) groups is 1. The lowest BCUT2D eigenvalue weighted by Gasteiger charge is -2.28. The van der Waals surface area contributed by atoms with E-state index in [9.17, 15) is 9.90 Å². The van der Waals surface area contributed by atoms with Gasteiger partial charge in [0.2, 0.25) is 0 Å². The molecule has 2 amide bonds. The molecule has 128 valence electrons. The largest absolute Gasteiger partial charge is 0.389 e. The quantitative estimate of drug-likeness (QED) is 0.603. The highest BCUT2D eigenvalue weighted by Crippen LogP contribution is 2.33. The van der Waals surface area contributed by atoms with E-state index in [1.165, 1.54) is 51.4 Å². The second-order valence-electron chi connectivity index (χ2n) is 7.42. The maximum Gasteiger partial charge on any atom is 0.314 e. The van der Waals surface area contributed by atoms with E-state index < -0.39 is 6.10 Å². The van der Waals surface area contributed by atoms with Gasteiger partial charge in [0.05, 0.1) is 12.7 Å². The number of nitrogens with one attached hydrogen (secondary N) is 2. The number of hydrogen-bond donors (Lipinski definition) is 3. The van der Waals surface area contributed by atoms with Crippen molar-refractivity contribution >= 4 is 6.03 Å². The van der Waals surface area contributed by atoms with Crippen LogP contribution in [-0.4, -0.2) is 43.5 Å². The van der Waals surface area contributed by atoms with Gasteiger partial charge in [-0.15, -0.1) is 0 Å². The highest BCUT2D eigenvalue weighted by molar-refractivity contribution is 5.73. The third-order valence-corrected chi connectivity index (χ3v) is 4.85. The molecule has 3 N–H and O–H groups in total. The molecule has 0 aromatic heterocycles. The average molecular weight is 312 g/mol. The van der Waals surface area contributed by atoms with Gasteiger partial charge < -0.3 is 20.5 Å². The molecule has 0 heterocycles. The average Bonchev–Trinajstić information content (AvgIpc) is 3.32. The summed E-state index contributed by atoms with van der Waals surface area (Å²) in [5.74, 6) is 0.698. The van der Waals surface area contributed by atoms with Gasteiger partial charge in [-0.3, -0.25) is 0 Å². The number of urea groups is 1. The van der Waals surface area contributed by atoms with E-state index >= 15 is 0 Å². The third-order valence-electron chi connectivity index (χ3n) is 4.85. The normalized spacial score (nSPS) is 22.6. The predicted molar refractivity (Wildman–Crippen MR) is 86.8 cm³/mol. The van der Waals surface area contributed by atoms with Gasteiger partial charge in [-0.2, -0.15) is 0 Å². The van der Waals surface area contributed by atoms with Crippen molar-refractivity contribution in [2.45, 2.75) is 64.4 Å². The lowest BCUT2D eigenvalue weighted by molar-refractivity contribution is 0.0337. The van der Waals surface area contributed by atoms with Gasteiger partial charge in [0, 0.05) is 19.7 Å². The minimum atomic E-state index is -0.627. The van der Waals surface area contributed by atoms with Crippen molar-refractivity contribution in [1.29, 1.82) is 0 Å². The maximum atomic E-state index is 11.8. The van der Waals surface area contributed by atoms with Crippen LogP contribution in [0.2, 0.25) is 0 Å². The first-order chi connectivity index (χ1) is 10.6. The third kappa shape index (κ3) is 6.97. The van der Waals surface area contributed by atoms with Gasteiger partial charge in [0.1, 0.15) is 0 Å². The Morgan fingerprint density at radius 1 is 1.23 bits per heavy atom. The fraction of sp³-hybridized carbons (Fsp3) is 0.941. The minimum Gasteiger partial charge on any atom is -0.389 e. The standard InChI is InChI=1S/C17H32N2O3/c1-17(8-4-2-3-5-9-17)13-19-16(21)18-10-15(20)12-22-11-14-6-7-14/h14-15,20H,2-13H2,1H3,(H2,18,19,21). The van der Waals surface area contributed by atoms with Crippen LogP contribution >= 0.6 is 0 Å². The molecule has 2 rings (SSSR count). The van der Waals surface area contributed by atoms with Crippen LogP contribution in [0.15, 0.2) is 0 Å². The van der Waals surface area contributed by atoms with Crippen molar-refractivity contribution in [3.63, 3.8) is 0 Å². The predicted octanol–water partition coefficient (Wildman–Crippen LogP) is 2.43. The number of ether oxygens (including phenoxy) is 1. The van der Waals surface area contributed by atoms with Gasteiger partial charge in [0.15, 0.2) is 0 Å². The summed E-state index contributed by atoms with van der Waals surface area (Å²) in [6, 6.07) is -0.188. The number of amides is 2. The maximum absolute atomic E-state index is 11.8. The molecular weight excluding hydrogens is 280 g/mol. The van der Waals surface area contributed by atoms with Gasteiger partial charge in [0.25, 0.3) is 0 Å². The molecule has 22 heavy (non-hydrogen) atoms. The summed E-state index contributed by atoms with van der Waals surface area (Å²) in [5, 5.41) is 15.5. The molecule has 5 heteroatoms. The molecule has 0 bridgehead atoms. The Morgan fingerprint density at radius 3 is 2.55 bits per heavy atom. The topological polar surface area (TPSA) is 70.6 Å². The molecular formula is C17H32N2O3. The van der Waals surface area contributed by atoms with Crippen LogP contribution in [0.3, 0.4) is 0 Å². The summed E-state index contributed by atoms with van der Waals surface area (Å²) in [5.41, 5.74) is 0.222. The van der Waals surface area contributed by atoms with Crippen LogP contribution in [0.25, 0.3) is 0 Å². The molecule has 0 aliphatic heterocycles. The van der Waals surface area contributed by atoms with E-state index in [1.54, 1.807) is 0 Å². The van der Waals surface area contributed by atoms with Crippen molar-refractivity contribution in [3.05, 3.63) is 0 Å². The van der Waals surface area contributed by atoms with E-state index in [1.807, 2.05) is 0 Å². The van der Waals surface area contributed by atoms with Crippen molar-refractivity contribution in [3.8, 4) is 0 Å². The van der Waals surface area contributed by atoms with Crippen LogP contribution < -0.4 is 10.6 Å². The first-order valence-electron chi connectivity index (χ1n) is 8.85. The molecule has 0 spiro atoms. The number of aliphatic hydroxyl groups is 1. The lowest BCUT2D eigenvalue weighted by Crippen LogP contribution is -2.44. The van der Waals surface area contributed by atoms with Gasteiger partial charge in [-0.1, -0.05) is 32.6 Å². The zero-order chi connectivity index (χ0) is 15.8. The summed E-state index contributed by atoms with van der Waals surface area (Å²) in [4.78, 5) is 11.8. The van der Waals surface area contributed by atoms with Crippen molar-refractivity contribution in [2.75, 3.05) is 26.3 Å². The molecule has 2 aliphatic rings. The Labute approximate surface area is 134 Å². The highest BCUT2D eigenvalue weighted by Gasteiger charge is 2.26. The molecule has 0 aromatic carbocycles. The summed E-state index contributed by atoms with van der Waals surface area (Å²) < 4.78 is 5.42. The Bertz CT molecular complexity index is 337. The highest BCUT2D eigenvalue weighted by atomic mass is 16.5. The molecule has 0 saturated heterocycles. The molecule has 0 aromatic rings. The second kappa shape index (κ2) is 8.73. The smallest absolute Gasteiger partial charge is 0.314 e. The summed E-state index contributed by atoms with van der Waals surface area (Å²) in [7, 11) is 0. The van der Waals surface area contributed by atoms with Crippen molar-refractivity contribution in [2.24, 2.45) is 11.3 Å². The van der Waals surface area contributed by atoms with Crippen LogP contribution in [0, 0.1) is 11.3 Å². The molecule has 2 saturated carbocycles. The molecule has 1 unspecified atom stereocenters. The Morgan fingerprint density at radius 2 is 1.91 bits per heavy atom. The molecule has 2 aliphatic carbocycles. The van der Waals surface area contributed by atoms with Crippen molar-refractivity contribution < 1.29 is 14.6 Å². The zero-order valence-electron chi connectivity index (χ0n) is 13.9. The summed E-state index contributed by atoms with van der Waals surface area (Å²) >= 11 is 0. The second-order valence-corrected chi connectivity index (χ2v) is 7.42. The van der Waals surface area contributed by atoms with Crippen LogP contribution in [0.1, 0.15) is 58.3 Å². The molecule has 5 nitrogen and oxygen atoms in total. The first-order valence-corrected chi connectivity index (χ1v) is 8.85. The van der Waals surface area contributed by atoms with Crippen LogP contribution in [0.4, 0.5) is 4.79 Å². The first kappa shape index (κ1) is 17.5. The van der Waals surface area contributed by atoms with Crippen LogP contribution in [0.5, 0.6) is 0 Å². The fourth-order valence-electron chi connectivity index (χ4n) is 3.04. The van der Waals surface area contributed by atoms with E-state index in [4.69, 9.17) is 4.74 Å². The van der Waals surface area contributed by atoms with Gasteiger partial charge in [-0.25, -0.2) is 4.79 Å². The van der Waals surface area contributed by atoms with E-state index in [0.717, 1.165) is 6.61 Å². The SMILES string of the molecule is CC1(CNC(=O)NCC(O)COCC2CC2)CCCCCC1. The van der Waals surface area contributed by atoms with E-state index in [-0.39, 0.29) is 18.0 Å². The van der Waals surface area contributed by atoms with Gasteiger partial charge >= 0.3 is 6.03 Å². The number of carbonyl (C=O) groups excluding carboxylic acids is 1. The van der Waals surface area contributed by atoms with E-state index in [2.05, 4.69) is 17.6 Å². The number of aliphatic hydroxyl groups excluding tert-OH is 1. The fourth-order valence-corrected chi connectivity index (χ4v) is 3.04. The van der Waals surface area contributed by atoms with Crippen molar-refractivity contribution in [1.82, 2.24) is 10.6 Å². The van der Waals surface area contributed by atoms with E-state index in [0.29, 0.717) is 19.1 Å². The van der Waals surface area contributed by atoms with Crippen LogP contribution in [-0.2, 0) is 4.74 Å². The Kier molecular flexibility index (Phi) is 6.96. The Balaban J connectivity index is 1.54. The number of rotatable bonds is 8. The zero-order valence-corrected chi connectivity index (χ0v) is 13.9. The minimum absolute atomic E-state index is 0.188. The monoisotopic (exact) mass is 312 g/mol. The molecule has 0 radical (unpaired) electrons. The molecule has 2 fully saturated rings.